The van der Waals surface area contributed by atoms with E-state index in [9.17, 15) is 4.39 Å². The Morgan fingerprint density at radius 2 is 2.22 bits per heavy atom. The Hall–Kier alpha value is -1.04. The lowest BCUT2D eigenvalue weighted by Gasteiger charge is -2.27. The molecule has 1 aromatic heterocycles. The molecule has 18 heavy (non-hydrogen) atoms. The van der Waals surface area contributed by atoms with Crippen LogP contribution in [0, 0.1) is 5.82 Å². The van der Waals surface area contributed by atoms with Crippen molar-refractivity contribution in [3.63, 3.8) is 0 Å². The number of halogens is 1. The number of nitrogens with zero attached hydrogens (tertiary/aromatic N) is 2. The number of rotatable bonds is 5. The van der Waals surface area contributed by atoms with Crippen molar-refractivity contribution >= 4 is 0 Å². The lowest BCUT2D eigenvalue weighted by Crippen LogP contribution is -2.40. The minimum Gasteiger partial charge on any atom is -0.379 e. The number of morpholine rings is 1. The third kappa shape index (κ3) is 4.01. The summed E-state index contributed by atoms with van der Waals surface area (Å²) in [6.45, 7) is 7.55. The Labute approximate surface area is 107 Å². The Kier molecular flexibility index (Phi) is 5.04. The van der Waals surface area contributed by atoms with E-state index < -0.39 is 0 Å². The maximum absolute atomic E-state index is 13.0. The topological polar surface area (TPSA) is 37.4 Å². The van der Waals surface area contributed by atoms with Crippen LogP contribution in [0.25, 0.3) is 0 Å². The quantitative estimate of drug-likeness (QED) is 0.855. The minimum absolute atomic E-state index is 0.120. The maximum Gasteiger partial charge on any atom is 0.141 e. The minimum atomic E-state index is -0.283. The zero-order chi connectivity index (χ0) is 12.8. The molecule has 0 radical (unpaired) electrons. The third-order valence-corrected chi connectivity index (χ3v) is 3.21. The van der Waals surface area contributed by atoms with Gasteiger partial charge in [0.2, 0.25) is 0 Å². The molecule has 2 rings (SSSR count). The van der Waals surface area contributed by atoms with Gasteiger partial charge < -0.3 is 10.1 Å². The van der Waals surface area contributed by atoms with E-state index in [1.807, 2.05) is 6.92 Å². The first-order valence-corrected chi connectivity index (χ1v) is 6.39. The van der Waals surface area contributed by atoms with E-state index in [2.05, 4.69) is 15.2 Å². The number of hydrogen-bond donors (Lipinski definition) is 1. The fourth-order valence-corrected chi connectivity index (χ4v) is 2.05. The van der Waals surface area contributed by atoms with Gasteiger partial charge in [0, 0.05) is 38.4 Å². The van der Waals surface area contributed by atoms with Gasteiger partial charge in [-0.05, 0) is 18.6 Å². The number of pyridine rings is 1. The van der Waals surface area contributed by atoms with Gasteiger partial charge in [-0.2, -0.15) is 0 Å². The van der Waals surface area contributed by atoms with Gasteiger partial charge in [0.25, 0.3) is 0 Å². The van der Waals surface area contributed by atoms with Gasteiger partial charge >= 0.3 is 0 Å². The number of nitrogens with one attached hydrogen (secondary N) is 1. The number of ether oxygens (including phenoxy) is 1. The van der Waals surface area contributed by atoms with Crippen LogP contribution in [0.3, 0.4) is 0 Å². The summed E-state index contributed by atoms with van der Waals surface area (Å²) in [6.07, 6.45) is 2.93. The van der Waals surface area contributed by atoms with E-state index in [1.165, 1.54) is 12.3 Å². The Bertz CT molecular complexity index is 369. The normalized spacial score (nSPS) is 18.8. The van der Waals surface area contributed by atoms with Gasteiger partial charge in [-0.25, -0.2) is 4.39 Å². The van der Waals surface area contributed by atoms with Crippen LogP contribution >= 0.6 is 0 Å². The van der Waals surface area contributed by atoms with Crippen LogP contribution in [-0.4, -0.2) is 49.3 Å². The first-order chi connectivity index (χ1) is 8.75. The van der Waals surface area contributed by atoms with Crippen LogP contribution in [0.2, 0.25) is 0 Å². The lowest BCUT2D eigenvalue weighted by molar-refractivity contribution is 0.0382. The van der Waals surface area contributed by atoms with Crippen LogP contribution in [0.1, 0.15) is 18.5 Å². The van der Waals surface area contributed by atoms with Crippen LogP contribution in [0.15, 0.2) is 18.5 Å². The summed E-state index contributed by atoms with van der Waals surface area (Å²) >= 11 is 0. The van der Waals surface area contributed by atoms with Crippen molar-refractivity contribution in [3.8, 4) is 0 Å². The lowest BCUT2D eigenvalue weighted by atomic mass is 10.1. The Morgan fingerprint density at radius 1 is 1.44 bits per heavy atom. The largest absolute Gasteiger partial charge is 0.379 e. The highest BCUT2D eigenvalue weighted by Crippen LogP contribution is 2.11. The zero-order valence-corrected chi connectivity index (χ0v) is 10.7. The average molecular weight is 253 g/mol. The molecule has 1 aliphatic rings. The second-order valence-corrected chi connectivity index (χ2v) is 4.57. The van der Waals surface area contributed by atoms with Crippen LogP contribution in [0.4, 0.5) is 4.39 Å². The van der Waals surface area contributed by atoms with Crippen molar-refractivity contribution in [2.45, 2.75) is 13.0 Å². The van der Waals surface area contributed by atoms with E-state index in [0.29, 0.717) is 0 Å². The highest BCUT2D eigenvalue weighted by molar-refractivity contribution is 5.14. The molecule has 1 fully saturated rings. The van der Waals surface area contributed by atoms with E-state index in [0.717, 1.165) is 45.0 Å². The SMILES string of the molecule is CC(NCCN1CCOCC1)c1cncc(F)c1. The summed E-state index contributed by atoms with van der Waals surface area (Å²) in [5.41, 5.74) is 0.886. The maximum atomic E-state index is 13.0. The summed E-state index contributed by atoms with van der Waals surface area (Å²) in [4.78, 5) is 6.23. The Morgan fingerprint density at radius 3 is 2.94 bits per heavy atom. The smallest absolute Gasteiger partial charge is 0.141 e. The molecule has 5 heteroatoms. The average Bonchev–Trinajstić information content (AvgIpc) is 2.40. The molecule has 1 unspecified atom stereocenters. The first-order valence-electron chi connectivity index (χ1n) is 6.39. The molecular weight excluding hydrogens is 233 g/mol. The first kappa shape index (κ1) is 13.4. The van der Waals surface area contributed by atoms with Crippen molar-refractivity contribution < 1.29 is 9.13 Å². The second kappa shape index (κ2) is 6.78. The van der Waals surface area contributed by atoms with Gasteiger partial charge in [0.1, 0.15) is 5.82 Å². The molecule has 0 spiro atoms. The molecule has 0 bridgehead atoms. The van der Waals surface area contributed by atoms with Gasteiger partial charge in [-0.15, -0.1) is 0 Å². The molecule has 1 aliphatic heterocycles. The summed E-state index contributed by atoms with van der Waals surface area (Å²) in [5.74, 6) is -0.283. The molecule has 1 saturated heterocycles. The fourth-order valence-electron chi connectivity index (χ4n) is 2.05. The summed E-state index contributed by atoms with van der Waals surface area (Å²) in [7, 11) is 0. The van der Waals surface area contributed by atoms with Gasteiger partial charge in [0.05, 0.1) is 19.4 Å². The predicted octanol–water partition coefficient (Wildman–Crippen LogP) is 1.20. The van der Waals surface area contributed by atoms with E-state index in [-0.39, 0.29) is 11.9 Å². The zero-order valence-electron chi connectivity index (χ0n) is 10.7. The Balaban J connectivity index is 1.72. The van der Waals surface area contributed by atoms with Gasteiger partial charge in [-0.3, -0.25) is 9.88 Å². The fraction of sp³-hybridized carbons (Fsp3) is 0.615. The molecule has 0 saturated carbocycles. The van der Waals surface area contributed by atoms with Crippen molar-refractivity contribution in [3.05, 3.63) is 29.8 Å². The van der Waals surface area contributed by atoms with Crippen molar-refractivity contribution in [2.75, 3.05) is 39.4 Å². The van der Waals surface area contributed by atoms with E-state index in [1.54, 1.807) is 6.20 Å². The monoisotopic (exact) mass is 253 g/mol. The molecule has 1 atom stereocenters. The van der Waals surface area contributed by atoms with Crippen LogP contribution in [0.5, 0.6) is 0 Å². The highest BCUT2D eigenvalue weighted by Gasteiger charge is 2.11. The van der Waals surface area contributed by atoms with Gasteiger partial charge in [0.15, 0.2) is 0 Å². The summed E-state index contributed by atoms with van der Waals surface area (Å²) < 4.78 is 18.3. The van der Waals surface area contributed by atoms with E-state index >= 15 is 0 Å². The van der Waals surface area contributed by atoms with Crippen molar-refractivity contribution in [1.82, 2.24) is 15.2 Å². The molecule has 4 nitrogen and oxygen atoms in total. The molecular formula is C13H20FN3O. The molecule has 0 amide bonds. The van der Waals surface area contributed by atoms with Crippen molar-refractivity contribution in [2.24, 2.45) is 0 Å². The molecule has 2 heterocycles. The molecule has 100 valence electrons. The second-order valence-electron chi connectivity index (χ2n) is 4.57. The molecule has 0 aliphatic carbocycles. The molecule has 1 N–H and O–H groups in total. The summed E-state index contributed by atoms with van der Waals surface area (Å²) in [6, 6.07) is 1.65. The third-order valence-electron chi connectivity index (χ3n) is 3.21. The predicted molar refractivity (Wildman–Crippen MR) is 67.9 cm³/mol. The molecule has 0 aromatic carbocycles. The number of hydrogen-bond acceptors (Lipinski definition) is 4. The summed E-state index contributed by atoms with van der Waals surface area (Å²) in [5, 5.41) is 3.38. The van der Waals surface area contributed by atoms with Gasteiger partial charge in [-0.1, -0.05) is 0 Å². The van der Waals surface area contributed by atoms with E-state index in [4.69, 9.17) is 4.74 Å². The molecule has 1 aromatic rings. The number of aromatic nitrogens is 1. The standard InChI is InChI=1S/C13H20FN3O/c1-11(12-8-13(14)10-15-9-12)16-2-3-17-4-6-18-7-5-17/h8-11,16H,2-7H2,1H3. The van der Waals surface area contributed by atoms with Crippen molar-refractivity contribution in [1.29, 1.82) is 0 Å². The van der Waals surface area contributed by atoms with Crippen LogP contribution < -0.4 is 5.32 Å². The van der Waals surface area contributed by atoms with Crippen LogP contribution in [-0.2, 0) is 4.74 Å². The highest BCUT2D eigenvalue weighted by atomic mass is 19.1.